The van der Waals surface area contributed by atoms with Gasteiger partial charge >= 0.3 is 5.97 Å². The van der Waals surface area contributed by atoms with Gasteiger partial charge in [0.1, 0.15) is 0 Å². The van der Waals surface area contributed by atoms with Gasteiger partial charge in [0.2, 0.25) is 0 Å². The molecule has 3 rings (SSSR count). The lowest BCUT2D eigenvalue weighted by atomic mass is 9.99. The number of aliphatic hydroxyl groups is 1. The number of hydrogen-bond acceptors (Lipinski definition) is 6. The van der Waals surface area contributed by atoms with Gasteiger partial charge in [0.15, 0.2) is 6.29 Å². The van der Waals surface area contributed by atoms with E-state index >= 15 is 0 Å². The molecule has 7 heteroatoms. The Bertz CT molecular complexity index is 1010. The number of carbonyl (C=O) groups is 1. The molecule has 0 amide bonds. The van der Waals surface area contributed by atoms with Crippen molar-refractivity contribution in [3.63, 3.8) is 0 Å². The van der Waals surface area contributed by atoms with Crippen LogP contribution in [0.5, 0.6) is 0 Å². The second kappa shape index (κ2) is 16.4. The van der Waals surface area contributed by atoms with E-state index in [1.165, 1.54) is 17.3 Å². The van der Waals surface area contributed by atoms with Crippen molar-refractivity contribution < 1.29 is 28.5 Å². The number of ether oxygens (including phenoxy) is 3. The molecule has 0 radical (unpaired) electrons. The molecule has 0 bridgehead atoms. The minimum absolute atomic E-state index is 0.0513. The average molecular weight is 583 g/mol. The molecule has 1 heterocycles. The molecule has 2 aromatic carbocycles. The number of rotatable bonds is 15. The summed E-state index contributed by atoms with van der Waals surface area (Å²) in [6.45, 7) is 11.9. The van der Waals surface area contributed by atoms with Crippen LogP contribution >= 0.6 is 0 Å². The van der Waals surface area contributed by atoms with Crippen LogP contribution in [0, 0.1) is 5.92 Å². The van der Waals surface area contributed by atoms with E-state index < -0.39 is 20.5 Å². The van der Waals surface area contributed by atoms with Gasteiger partial charge in [-0.2, -0.15) is 0 Å². The number of benzene rings is 2. The molecule has 1 fully saturated rings. The number of allylic oxidation sites excluding steroid dienone is 1. The van der Waals surface area contributed by atoms with E-state index in [9.17, 15) is 9.90 Å². The Labute approximate surface area is 248 Å². The van der Waals surface area contributed by atoms with Gasteiger partial charge in [0.25, 0.3) is 8.32 Å². The van der Waals surface area contributed by atoms with E-state index in [2.05, 4.69) is 81.4 Å². The van der Waals surface area contributed by atoms with Crippen LogP contribution in [-0.2, 0) is 23.4 Å². The number of hydrogen-bond donors (Lipinski definition) is 1. The third-order valence-corrected chi connectivity index (χ3v) is 12.7. The lowest BCUT2D eigenvalue weighted by molar-refractivity contribution is -0.206. The standard InChI is InChI=1S/C34H50O6Si/c1-27(26-38-28(2)35)25-32(40-33-22-14-16-23-37-33)31(36)21-13-8-15-24-39-41(34(3,4)5,29-17-9-6-10-18-29)30-19-11-7-12-20-30/h6-7,9-13,17-21,27,31-33,36H,8,14-16,22-26H2,1-5H3/t27-,31+,32+,33?/m0/s1. The molecule has 0 aliphatic carbocycles. The van der Waals surface area contributed by atoms with Gasteiger partial charge in [-0.25, -0.2) is 0 Å². The third-order valence-electron chi connectivity index (χ3n) is 7.63. The first-order valence-electron chi connectivity index (χ1n) is 15.1. The van der Waals surface area contributed by atoms with E-state index in [1.807, 2.05) is 19.1 Å². The molecule has 6 nitrogen and oxygen atoms in total. The van der Waals surface area contributed by atoms with Gasteiger partial charge in [-0.05, 0) is 59.9 Å². The van der Waals surface area contributed by atoms with Crippen LogP contribution in [0.1, 0.15) is 73.1 Å². The molecular weight excluding hydrogens is 532 g/mol. The quantitative estimate of drug-likeness (QED) is 0.125. The smallest absolute Gasteiger partial charge is 0.302 e. The highest BCUT2D eigenvalue weighted by Gasteiger charge is 2.49. The highest BCUT2D eigenvalue weighted by Crippen LogP contribution is 2.36. The highest BCUT2D eigenvalue weighted by molar-refractivity contribution is 6.99. The molecule has 1 N–H and O–H groups in total. The van der Waals surface area contributed by atoms with E-state index in [1.54, 1.807) is 0 Å². The summed E-state index contributed by atoms with van der Waals surface area (Å²) in [5.74, 6) is -0.249. The van der Waals surface area contributed by atoms with Crippen LogP contribution < -0.4 is 10.4 Å². The first-order valence-corrected chi connectivity index (χ1v) is 17.0. The zero-order valence-electron chi connectivity index (χ0n) is 25.6. The van der Waals surface area contributed by atoms with Gasteiger partial charge in [-0.15, -0.1) is 0 Å². The zero-order chi connectivity index (χ0) is 29.7. The Hall–Kier alpha value is -2.29. The normalized spacial score (nSPS) is 18.6. The maximum Gasteiger partial charge on any atom is 0.302 e. The molecule has 0 saturated carbocycles. The van der Waals surface area contributed by atoms with Crippen LogP contribution in [0.25, 0.3) is 0 Å². The Kier molecular flexibility index (Phi) is 13.3. The molecule has 1 aliphatic rings. The van der Waals surface area contributed by atoms with Gasteiger partial charge in [0.05, 0.1) is 18.8 Å². The summed E-state index contributed by atoms with van der Waals surface area (Å²) in [5, 5.41) is 13.5. The van der Waals surface area contributed by atoms with E-state index in [0.717, 1.165) is 32.1 Å². The van der Waals surface area contributed by atoms with Crippen LogP contribution in [-0.4, -0.2) is 57.7 Å². The van der Waals surface area contributed by atoms with Crippen molar-refractivity contribution in [3.05, 3.63) is 72.8 Å². The fourth-order valence-electron chi connectivity index (χ4n) is 5.56. The van der Waals surface area contributed by atoms with Gasteiger partial charge in [0, 0.05) is 20.1 Å². The minimum atomic E-state index is -2.55. The molecule has 2 aromatic rings. The number of aliphatic hydroxyl groups excluding tert-OH is 1. The molecular formula is C34H50O6Si. The number of esters is 1. The Morgan fingerprint density at radius 3 is 2.24 bits per heavy atom. The first-order chi connectivity index (χ1) is 19.6. The van der Waals surface area contributed by atoms with Crippen LogP contribution in [0.2, 0.25) is 5.04 Å². The predicted octanol–water partition coefficient (Wildman–Crippen LogP) is 5.76. The van der Waals surface area contributed by atoms with E-state index in [4.69, 9.17) is 18.6 Å². The maximum absolute atomic E-state index is 11.2. The summed E-state index contributed by atoms with van der Waals surface area (Å²) < 4.78 is 24.1. The topological polar surface area (TPSA) is 74.2 Å². The average Bonchev–Trinajstić information content (AvgIpc) is 2.96. The van der Waals surface area contributed by atoms with Crippen LogP contribution in [0.15, 0.2) is 72.8 Å². The van der Waals surface area contributed by atoms with Crippen molar-refractivity contribution in [2.75, 3.05) is 19.8 Å². The zero-order valence-corrected chi connectivity index (χ0v) is 26.6. The summed E-state index contributed by atoms with van der Waals surface area (Å²) in [5.41, 5.74) is 0. The molecule has 1 unspecified atom stereocenters. The summed E-state index contributed by atoms with van der Waals surface area (Å²) in [7, 11) is -2.55. The lowest BCUT2D eigenvalue weighted by Crippen LogP contribution is -2.66. The monoisotopic (exact) mass is 582 g/mol. The largest absolute Gasteiger partial charge is 0.466 e. The van der Waals surface area contributed by atoms with Crippen molar-refractivity contribution in [1.29, 1.82) is 0 Å². The Morgan fingerprint density at radius 2 is 1.71 bits per heavy atom. The van der Waals surface area contributed by atoms with E-state index in [0.29, 0.717) is 26.2 Å². The summed E-state index contributed by atoms with van der Waals surface area (Å²) in [6.07, 6.45) is 7.43. The predicted molar refractivity (Wildman–Crippen MR) is 167 cm³/mol. The number of carbonyl (C=O) groups excluding carboxylic acids is 1. The maximum atomic E-state index is 11.2. The second-order valence-corrected chi connectivity index (χ2v) is 16.5. The first kappa shape index (κ1) is 33.2. The molecule has 0 aromatic heterocycles. The molecule has 226 valence electrons. The summed E-state index contributed by atoms with van der Waals surface area (Å²) >= 11 is 0. The van der Waals surface area contributed by atoms with Gasteiger partial charge in [-0.1, -0.05) is 101 Å². The summed E-state index contributed by atoms with van der Waals surface area (Å²) in [4.78, 5) is 11.2. The SMILES string of the molecule is CC(=O)OC[C@@H](C)C[C@@H](OC1CCCCO1)[C@H](O)C=CCCCO[Si](c1ccccc1)(c1ccccc1)C(C)(C)C. The molecule has 1 aliphatic heterocycles. The number of unbranched alkanes of at least 4 members (excludes halogenated alkanes) is 1. The van der Waals surface area contributed by atoms with Crippen molar-refractivity contribution in [3.8, 4) is 0 Å². The van der Waals surface area contributed by atoms with Crippen LogP contribution in [0.4, 0.5) is 0 Å². The van der Waals surface area contributed by atoms with Gasteiger partial charge < -0.3 is 23.7 Å². The molecule has 41 heavy (non-hydrogen) atoms. The Balaban J connectivity index is 1.63. The van der Waals surface area contributed by atoms with E-state index in [-0.39, 0.29) is 23.2 Å². The fourth-order valence-corrected chi connectivity index (χ4v) is 10.2. The Morgan fingerprint density at radius 1 is 1.07 bits per heavy atom. The minimum Gasteiger partial charge on any atom is -0.466 e. The third kappa shape index (κ3) is 9.89. The fraction of sp³-hybridized carbons (Fsp3) is 0.559. The lowest BCUT2D eigenvalue weighted by Gasteiger charge is -2.43. The molecule has 1 saturated heterocycles. The van der Waals surface area contributed by atoms with Crippen molar-refractivity contribution in [2.45, 2.75) is 96.7 Å². The molecule has 4 atom stereocenters. The van der Waals surface area contributed by atoms with Crippen LogP contribution in [0.3, 0.4) is 0 Å². The van der Waals surface area contributed by atoms with Crippen molar-refractivity contribution >= 4 is 24.7 Å². The second-order valence-electron chi connectivity index (χ2n) is 12.2. The molecule has 0 spiro atoms. The summed E-state index contributed by atoms with van der Waals surface area (Å²) in [6, 6.07) is 21.3. The van der Waals surface area contributed by atoms with Crippen molar-refractivity contribution in [1.82, 2.24) is 0 Å². The van der Waals surface area contributed by atoms with Crippen molar-refractivity contribution in [2.24, 2.45) is 5.92 Å². The van der Waals surface area contributed by atoms with Gasteiger partial charge in [-0.3, -0.25) is 4.79 Å². The highest BCUT2D eigenvalue weighted by atomic mass is 28.4.